The van der Waals surface area contributed by atoms with Crippen molar-refractivity contribution in [1.82, 2.24) is 9.88 Å². The summed E-state index contributed by atoms with van der Waals surface area (Å²) in [7, 11) is 0. The number of benzene rings is 1. The van der Waals surface area contributed by atoms with Gasteiger partial charge in [0.1, 0.15) is 5.78 Å². The summed E-state index contributed by atoms with van der Waals surface area (Å²) >= 11 is 1.59. The smallest absolute Gasteiger partial charge is 0.303 e. The van der Waals surface area contributed by atoms with E-state index >= 15 is 0 Å². The average Bonchev–Trinajstić information content (AvgIpc) is 3.45. The van der Waals surface area contributed by atoms with Crippen LogP contribution in [0, 0.1) is 18.3 Å². The molecule has 0 spiro atoms. The Labute approximate surface area is 228 Å². The third-order valence-corrected chi connectivity index (χ3v) is 8.15. The van der Waals surface area contributed by atoms with Crippen LogP contribution in [0.1, 0.15) is 70.6 Å². The van der Waals surface area contributed by atoms with Crippen molar-refractivity contribution >= 4 is 34.8 Å². The first-order valence-corrected chi connectivity index (χ1v) is 14.0. The van der Waals surface area contributed by atoms with Gasteiger partial charge in [-0.3, -0.25) is 19.2 Å². The Kier molecular flexibility index (Phi) is 9.95. The lowest BCUT2D eigenvalue weighted by molar-refractivity contribution is -0.146. The molecule has 2 N–H and O–H groups in total. The number of aliphatic hydroxyl groups excluding tert-OH is 1. The van der Waals surface area contributed by atoms with Crippen LogP contribution in [0.2, 0.25) is 0 Å². The average molecular weight is 543 g/mol. The van der Waals surface area contributed by atoms with Crippen molar-refractivity contribution in [3.05, 3.63) is 41.0 Å². The molecular weight excluding hydrogens is 504 g/mol. The van der Waals surface area contributed by atoms with Crippen LogP contribution in [-0.4, -0.2) is 62.2 Å². The predicted molar refractivity (Wildman–Crippen MR) is 146 cm³/mol. The van der Waals surface area contributed by atoms with Crippen LogP contribution in [-0.2, 0) is 25.6 Å². The minimum absolute atomic E-state index is 0.0129. The number of ketones is 2. The number of carboxylic acid groups (broad SMARTS) is 1. The van der Waals surface area contributed by atoms with Crippen molar-refractivity contribution in [3.8, 4) is 10.4 Å². The van der Waals surface area contributed by atoms with Gasteiger partial charge in [-0.15, -0.1) is 11.3 Å². The van der Waals surface area contributed by atoms with Crippen LogP contribution in [0.25, 0.3) is 10.4 Å². The van der Waals surface area contributed by atoms with E-state index in [1.54, 1.807) is 11.3 Å². The van der Waals surface area contributed by atoms with E-state index in [-0.39, 0.29) is 62.5 Å². The lowest BCUT2D eigenvalue weighted by Gasteiger charge is -2.34. The maximum Gasteiger partial charge on any atom is 0.303 e. The summed E-state index contributed by atoms with van der Waals surface area (Å²) in [6.07, 6.45) is 0.392. The third kappa shape index (κ3) is 7.80. The molecule has 1 aliphatic rings. The number of aryl methyl sites for hydroxylation is 2. The molecule has 206 valence electrons. The summed E-state index contributed by atoms with van der Waals surface area (Å²) in [5.74, 6) is -2.19. The zero-order chi connectivity index (χ0) is 28.0. The fraction of sp³-hybridized carbons (Fsp3) is 0.552. The van der Waals surface area contributed by atoms with Crippen molar-refractivity contribution in [3.63, 3.8) is 0 Å². The number of carbonyl (C=O) groups is 4. The summed E-state index contributed by atoms with van der Waals surface area (Å²) in [6.45, 7) is 7.67. The summed E-state index contributed by atoms with van der Waals surface area (Å²) in [5.41, 5.74) is 4.36. The van der Waals surface area contributed by atoms with E-state index in [0.717, 1.165) is 21.7 Å². The maximum atomic E-state index is 13.6. The molecule has 0 unspecified atom stereocenters. The number of amides is 1. The van der Waals surface area contributed by atoms with E-state index in [0.29, 0.717) is 6.42 Å². The van der Waals surface area contributed by atoms with Gasteiger partial charge in [-0.25, -0.2) is 4.98 Å². The van der Waals surface area contributed by atoms with Crippen LogP contribution in [0.3, 0.4) is 0 Å². The molecule has 1 aromatic carbocycles. The highest BCUT2D eigenvalue weighted by Crippen LogP contribution is 2.34. The monoisotopic (exact) mass is 542 g/mol. The second-order valence-electron chi connectivity index (χ2n) is 11.2. The summed E-state index contributed by atoms with van der Waals surface area (Å²) < 4.78 is 0. The van der Waals surface area contributed by atoms with E-state index in [1.165, 1.54) is 4.90 Å². The predicted octanol–water partition coefficient (Wildman–Crippen LogP) is 4.46. The molecule has 0 bridgehead atoms. The number of β-amino-alcohol motifs (C(OH)–C–C–N with tert-alkyl or cyclic N) is 1. The molecule has 38 heavy (non-hydrogen) atoms. The molecule has 8 nitrogen and oxygen atoms in total. The third-order valence-electron chi connectivity index (χ3n) is 7.18. The van der Waals surface area contributed by atoms with Gasteiger partial charge < -0.3 is 15.1 Å². The Balaban J connectivity index is 1.64. The molecule has 2 aromatic rings. The number of thiazole rings is 1. The van der Waals surface area contributed by atoms with E-state index in [9.17, 15) is 24.3 Å². The van der Waals surface area contributed by atoms with E-state index in [2.05, 4.69) is 4.98 Å². The largest absolute Gasteiger partial charge is 0.481 e. The maximum absolute atomic E-state index is 13.6. The first-order valence-electron chi connectivity index (χ1n) is 13.1. The Morgan fingerprint density at radius 2 is 1.79 bits per heavy atom. The normalized spacial score (nSPS) is 18.4. The number of nitrogens with zero attached hydrogens (tertiary/aromatic N) is 2. The number of aliphatic carboxylic acids is 1. The molecule has 1 aliphatic heterocycles. The molecule has 1 fully saturated rings. The molecule has 9 heteroatoms. The van der Waals surface area contributed by atoms with Gasteiger partial charge in [0.25, 0.3) is 0 Å². The van der Waals surface area contributed by atoms with Gasteiger partial charge in [0.15, 0.2) is 5.78 Å². The fourth-order valence-electron chi connectivity index (χ4n) is 4.93. The number of aliphatic hydroxyl groups is 1. The minimum Gasteiger partial charge on any atom is -0.481 e. The lowest BCUT2D eigenvalue weighted by Crippen LogP contribution is -2.47. The second-order valence-corrected chi connectivity index (χ2v) is 12.1. The number of Topliss-reactive ketones (excluding diaryl/α,β-unsaturated/α-hetero) is 2. The van der Waals surface area contributed by atoms with Gasteiger partial charge in [-0.1, -0.05) is 45.0 Å². The second kappa shape index (κ2) is 12.8. The topological polar surface area (TPSA) is 125 Å². The van der Waals surface area contributed by atoms with Gasteiger partial charge in [0.2, 0.25) is 5.91 Å². The number of hydrogen-bond acceptors (Lipinski definition) is 7. The van der Waals surface area contributed by atoms with Crippen molar-refractivity contribution in [2.24, 2.45) is 11.3 Å². The minimum atomic E-state index is -0.959. The Morgan fingerprint density at radius 1 is 1.11 bits per heavy atom. The zero-order valence-corrected chi connectivity index (χ0v) is 23.4. The molecule has 3 atom stereocenters. The molecule has 0 saturated carbocycles. The van der Waals surface area contributed by atoms with Crippen molar-refractivity contribution < 1.29 is 29.4 Å². The van der Waals surface area contributed by atoms with Crippen LogP contribution >= 0.6 is 11.3 Å². The molecule has 0 aliphatic carbocycles. The van der Waals surface area contributed by atoms with E-state index < -0.39 is 29.4 Å². The number of carbonyl (C=O) groups excluding carboxylic acids is 3. The molecule has 3 rings (SSSR count). The molecule has 1 aromatic heterocycles. The standard InChI is InChI=1S/C29H38N2O6S/c1-18-27(38-17-30-18)20-11-8-19(9-12-20)10-13-25(34)24-15-22(33)16-31(24)28(37)23(29(2,3)4)14-21(32)6-5-7-26(35)36/h8-9,11-12,17,22-24,33H,5-7,10,13-16H2,1-4H3,(H,35,36)/t22-,23-,24+/m1/s1. The van der Waals surface area contributed by atoms with Gasteiger partial charge in [0, 0.05) is 44.6 Å². The lowest BCUT2D eigenvalue weighted by atomic mass is 9.76. The number of rotatable bonds is 12. The summed E-state index contributed by atoms with van der Waals surface area (Å²) in [6, 6.07) is 7.33. The molecule has 1 amide bonds. The highest BCUT2D eigenvalue weighted by atomic mass is 32.1. The van der Waals surface area contributed by atoms with Crippen molar-refractivity contribution in [2.45, 2.75) is 84.8 Å². The van der Waals surface area contributed by atoms with E-state index in [1.807, 2.05) is 57.5 Å². The summed E-state index contributed by atoms with van der Waals surface area (Å²) in [5, 5.41) is 19.2. The molecule has 1 saturated heterocycles. The molecule has 2 heterocycles. The Hall–Kier alpha value is -2.91. The highest BCUT2D eigenvalue weighted by molar-refractivity contribution is 7.13. The number of aromatic nitrogens is 1. The zero-order valence-electron chi connectivity index (χ0n) is 22.6. The fourth-order valence-corrected chi connectivity index (χ4v) is 5.74. The quantitative estimate of drug-likeness (QED) is 0.406. The van der Waals surface area contributed by atoms with Gasteiger partial charge in [-0.2, -0.15) is 0 Å². The summed E-state index contributed by atoms with van der Waals surface area (Å²) in [4.78, 5) is 57.1. The van der Waals surface area contributed by atoms with Crippen LogP contribution < -0.4 is 0 Å². The van der Waals surface area contributed by atoms with Crippen LogP contribution in [0.4, 0.5) is 0 Å². The Morgan fingerprint density at radius 3 is 2.37 bits per heavy atom. The number of hydrogen-bond donors (Lipinski definition) is 2. The van der Waals surface area contributed by atoms with Crippen LogP contribution in [0.15, 0.2) is 29.8 Å². The van der Waals surface area contributed by atoms with Crippen molar-refractivity contribution in [1.29, 1.82) is 0 Å². The highest BCUT2D eigenvalue weighted by Gasteiger charge is 2.44. The van der Waals surface area contributed by atoms with Crippen LogP contribution in [0.5, 0.6) is 0 Å². The van der Waals surface area contributed by atoms with Gasteiger partial charge in [0.05, 0.1) is 28.2 Å². The molecule has 0 radical (unpaired) electrons. The Bertz CT molecular complexity index is 1150. The number of likely N-dealkylation sites (tertiary alicyclic amines) is 1. The first kappa shape index (κ1) is 29.6. The van der Waals surface area contributed by atoms with Gasteiger partial charge in [-0.05, 0) is 36.3 Å². The number of carboxylic acids is 1. The van der Waals surface area contributed by atoms with Crippen molar-refractivity contribution in [2.75, 3.05) is 6.54 Å². The van der Waals surface area contributed by atoms with Gasteiger partial charge >= 0.3 is 5.97 Å². The molecular formula is C29H38N2O6S. The first-order chi connectivity index (χ1) is 17.9. The van der Waals surface area contributed by atoms with E-state index in [4.69, 9.17) is 5.11 Å². The SMILES string of the molecule is Cc1ncsc1-c1ccc(CCC(=O)[C@@H]2C[C@@H](O)CN2C(=O)[C@@H](CC(=O)CCCC(=O)O)C(C)(C)C)cc1.